The van der Waals surface area contributed by atoms with E-state index in [2.05, 4.69) is 59.2 Å². The van der Waals surface area contributed by atoms with Gasteiger partial charge in [0.1, 0.15) is 5.75 Å². The smallest absolute Gasteiger partial charge is 0.240 e. The fourth-order valence-electron chi connectivity index (χ4n) is 5.04. The quantitative estimate of drug-likeness (QED) is 0.573. The second kappa shape index (κ2) is 9.67. The Balaban J connectivity index is 1.22. The van der Waals surface area contributed by atoms with E-state index < -0.39 is 0 Å². The predicted molar refractivity (Wildman–Crippen MR) is 131 cm³/mol. The first-order chi connectivity index (χ1) is 16.2. The van der Waals surface area contributed by atoms with E-state index in [1.54, 1.807) is 7.11 Å². The lowest BCUT2D eigenvalue weighted by atomic mass is 9.96. The summed E-state index contributed by atoms with van der Waals surface area (Å²) in [6.07, 6.45) is 1.72. The first-order valence-electron chi connectivity index (χ1n) is 11.8. The zero-order valence-corrected chi connectivity index (χ0v) is 19.1. The van der Waals surface area contributed by atoms with Gasteiger partial charge in [0.2, 0.25) is 5.91 Å². The monoisotopic (exact) mass is 441 g/mol. The molecule has 0 aromatic heterocycles. The maximum Gasteiger partial charge on any atom is 0.240 e. The highest BCUT2D eigenvalue weighted by Crippen LogP contribution is 2.33. The van der Waals surface area contributed by atoms with Gasteiger partial charge in [-0.3, -0.25) is 4.79 Å². The number of methoxy groups -OCH3 is 1. The number of anilines is 1. The van der Waals surface area contributed by atoms with Crippen molar-refractivity contribution in [1.29, 1.82) is 0 Å². The van der Waals surface area contributed by atoms with Gasteiger partial charge in [0.25, 0.3) is 0 Å². The maximum absolute atomic E-state index is 13.3. The molecule has 0 unspecified atom stereocenters. The lowest BCUT2D eigenvalue weighted by Crippen LogP contribution is -2.40. The number of rotatable bonds is 7. The molecular weight excluding hydrogens is 410 g/mol. The molecule has 1 fully saturated rings. The van der Waals surface area contributed by atoms with Crippen LogP contribution in [0.25, 0.3) is 0 Å². The van der Waals surface area contributed by atoms with Crippen molar-refractivity contribution >= 4 is 11.6 Å². The van der Waals surface area contributed by atoms with Crippen LogP contribution in [0.15, 0.2) is 72.8 Å². The molecule has 0 spiro atoms. The number of hydrogen-bond donors (Lipinski definition) is 2. The average Bonchev–Trinajstić information content (AvgIpc) is 3.52. The molecule has 0 radical (unpaired) electrons. The largest absolute Gasteiger partial charge is 0.496 e. The van der Waals surface area contributed by atoms with Crippen molar-refractivity contribution < 1.29 is 9.53 Å². The third-order valence-electron chi connectivity index (χ3n) is 6.83. The summed E-state index contributed by atoms with van der Waals surface area (Å²) in [5.41, 5.74) is 6.03. The molecule has 2 aliphatic heterocycles. The first-order valence-corrected chi connectivity index (χ1v) is 11.8. The highest BCUT2D eigenvalue weighted by molar-refractivity contribution is 5.83. The van der Waals surface area contributed by atoms with Crippen molar-refractivity contribution in [3.8, 4) is 5.75 Å². The minimum atomic E-state index is -0.110. The van der Waals surface area contributed by atoms with Gasteiger partial charge in [-0.15, -0.1) is 0 Å². The lowest BCUT2D eigenvalue weighted by molar-refractivity contribution is -0.133. The number of hydrogen-bond acceptors (Lipinski definition) is 4. The number of fused-ring (bicyclic) bond motifs is 1. The Morgan fingerprint density at radius 2 is 1.73 bits per heavy atom. The Morgan fingerprint density at radius 3 is 2.45 bits per heavy atom. The summed E-state index contributed by atoms with van der Waals surface area (Å²) in [6, 6.07) is 25.0. The van der Waals surface area contributed by atoms with E-state index in [0.717, 1.165) is 37.4 Å². The molecule has 3 aromatic carbocycles. The van der Waals surface area contributed by atoms with Crippen molar-refractivity contribution in [3.05, 3.63) is 95.1 Å². The molecule has 5 nitrogen and oxygen atoms in total. The van der Waals surface area contributed by atoms with E-state index in [0.29, 0.717) is 19.0 Å². The van der Waals surface area contributed by atoms with Gasteiger partial charge in [-0.05, 0) is 65.3 Å². The van der Waals surface area contributed by atoms with E-state index in [1.165, 1.54) is 22.3 Å². The Morgan fingerprint density at radius 1 is 1.03 bits per heavy atom. The summed E-state index contributed by atoms with van der Waals surface area (Å²) in [5, 5.41) is 6.93. The molecule has 5 heteroatoms. The first kappa shape index (κ1) is 21.5. The van der Waals surface area contributed by atoms with Crippen LogP contribution in [0, 0.1) is 0 Å². The molecule has 5 rings (SSSR count). The maximum atomic E-state index is 13.3. The third kappa shape index (κ3) is 4.74. The average molecular weight is 442 g/mol. The van der Waals surface area contributed by atoms with Crippen LogP contribution in [0.2, 0.25) is 0 Å². The molecule has 1 amide bonds. The Hall–Kier alpha value is -3.31. The lowest BCUT2D eigenvalue weighted by Gasteiger charge is -2.20. The molecule has 0 bridgehead atoms. The Labute approximate surface area is 195 Å². The van der Waals surface area contributed by atoms with Crippen LogP contribution in [0.1, 0.15) is 34.6 Å². The fourth-order valence-corrected chi connectivity index (χ4v) is 5.04. The SMILES string of the molecule is COc1cc2c(cc1CCNc1ccccc1)CN(C(=O)[C@H]1C[C@@H](c3ccccc3)CN1)C2. The number of carbonyl (C=O) groups excluding carboxylic acids is 1. The molecular formula is C28H31N3O2. The van der Waals surface area contributed by atoms with Crippen LogP contribution in [0.4, 0.5) is 5.69 Å². The van der Waals surface area contributed by atoms with Crippen molar-refractivity contribution in [2.75, 3.05) is 25.5 Å². The summed E-state index contributed by atoms with van der Waals surface area (Å²) in [5.74, 6) is 1.51. The van der Waals surface area contributed by atoms with E-state index in [4.69, 9.17) is 4.74 Å². The molecule has 0 aliphatic carbocycles. The predicted octanol–water partition coefficient (Wildman–Crippen LogP) is 4.34. The van der Waals surface area contributed by atoms with Crippen LogP contribution in [0.5, 0.6) is 5.75 Å². The Kier molecular flexibility index (Phi) is 6.31. The van der Waals surface area contributed by atoms with Gasteiger partial charge < -0.3 is 20.3 Å². The van der Waals surface area contributed by atoms with Crippen molar-refractivity contribution in [1.82, 2.24) is 10.2 Å². The number of ether oxygens (including phenoxy) is 1. The van der Waals surface area contributed by atoms with Crippen molar-refractivity contribution in [2.24, 2.45) is 0 Å². The molecule has 2 aliphatic rings. The van der Waals surface area contributed by atoms with Crippen LogP contribution >= 0.6 is 0 Å². The molecule has 1 saturated heterocycles. The zero-order chi connectivity index (χ0) is 22.6. The zero-order valence-electron chi connectivity index (χ0n) is 19.1. The van der Waals surface area contributed by atoms with Gasteiger partial charge in [-0.25, -0.2) is 0 Å². The van der Waals surface area contributed by atoms with Gasteiger partial charge in [-0.2, -0.15) is 0 Å². The molecule has 170 valence electrons. The highest BCUT2D eigenvalue weighted by atomic mass is 16.5. The summed E-state index contributed by atoms with van der Waals surface area (Å²) < 4.78 is 5.69. The van der Waals surface area contributed by atoms with Gasteiger partial charge in [0, 0.05) is 31.9 Å². The molecule has 3 aromatic rings. The van der Waals surface area contributed by atoms with E-state index in [9.17, 15) is 4.79 Å². The van der Waals surface area contributed by atoms with E-state index in [-0.39, 0.29) is 11.9 Å². The fraction of sp³-hybridized carbons (Fsp3) is 0.321. The van der Waals surface area contributed by atoms with Crippen molar-refractivity contribution in [3.63, 3.8) is 0 Å². The van der Waals surface area contributed by atoms with Crippen LogP contribution in [-0.4, -0.2) is 37.0 Å². The number of para-hydroxylation sites is 1. The topological polar surface area (TPSA) is 53.6 Å². The minimum absolute atomic E-state index is 0.110. The van der Waals surface area contributed by atoms with E-state index in [1.807, 2.05) is 29.2 Å². The highest BCUT2D eigenvalue weighted by Gasteiger charge is 2.35. The number of nitrogens with zero attached hydrogens (tertiary/aromatic N) is 1. The molecule has 2 atom stereocenters. The van der Waals surface area contributed by atoms with Gasteiger partial charge in [0.15, 0.2) is 0 Å². The second-order valence-corrected chi connectivity index (χ2v) is 8.97. The Bertz CT molecular complexity index is 1100. The molecule has 2 heterocycles. The summed E-state index contributed by atoms with van der Waals surface area (Å²) in [7, 11) is 1.72. The van der Waals surface area contributed by atoms with Gasteiger partial charge >= 0.3 is 0 Å². The second-order valence-electron chi connectivity index (χ2n) is 8.97. The van der Waals surface area contributed by atoms with Crippen LogP contribution < -0.4 is 15.4 Å². The summed E-state index contributed by atoms with van der Waals surface area (Å²) >= 11 is 0. The van der Waals surface area contributed by atoms with Crippen LogP contribution in [-0.2, 0) is 24.3 Å². The minimum Gasteiger partial charge on any atom is -0.496 e. The van der Waals surface area contributed by atoms with Gasteiger partial charge in [-0.1, -0.05) is 48.5 Å². The standard InChI is InChI=1S/C28H31N3O2/c1-33-27-16-24-19-31(28(32)26-15-22(17-30-26)20-8-4-2-5-9-20)18-23(24)14-21(27)12-13-29-25-10-6-3-7-11-25/h2-11,14,16,22,26,29-30H,12-13,15,17-19H2,1H3/t22-,26-/m1/s1. The van der Waals surface area contributed by atoms with Gasteiger partial charge in [0.05, 0.1) is 13.2 Å². The number of nitrogens with one attached hydrogen (secondary N) is 2. The van der Waals surface area contributed by atoms with Crippen LogP contribution in [0.3, 0.4) is 0 Å². The number of benzene rings is 3. The third-order valence-corrected chi connectivity index (χ3v) is 6.83. The van der Waals surface area contributed by atoms with Crippen molar-refractivity contribution in [2.45, 2.75) is 37.9 Å². The molecule has 2 N–H and O–H groups in total. The molecule has 0 saturated carbocycles. The number of amides is 1. The normalized spacial score (nSPS) is 19.4. The molecule has 33 heavy (non-hydrogen) atoms. The number of carbonyl (C=O) groups is 1. The summed E-state index contributed by atoms with van der Waals surface area (Å²) in [4.78, 5) is 15.3. The van der Waals surface area contributed by atoms with E-state index >= 15 is 0 Å². The summed E-state index contributed by atoms with van der Waals surface area (Å²) in [6.45, 7) is 3.01.